The number of morpholine rings is 1. The molecule has 122 valence electrons. The Hall–Kier alpha value is -1.96. The van der Waals surface area contributed by atoms with Crippen LogP contribution in [0.5, 0.6) is 0 Å². The minimum atomic E-state index is -0.429. The van der Waals surface area contributed by atoms with Gasteiger partial charge in [-0.2, -0.15) is 5.10 Å². The number of aryl methyl sites for hydroxylation is 2. The van der Waals surface area contributed by atoms with Gasteiger partial charge < -0.3 is 9.64 Å². The Morgan fingerprint density at radius 1 is 1.36 bits per heavy atom. The highest BCUT2D eigenvalue weighted by atomic mass is 16.6. The average molecular weight is 310 g/mol. The highest BCUT2D eigenvalue weighted by Gasteiger charge is 2.26. The van der Waals surface area contributed by atoms with E-state index in [-0.39, 0.29) is 30.2 Å². The summed E-state index contributed by atoms with van der Waals surface area (Å²) in [4.78, 5) is 24.6. The lowest BCUT2D eigenvalue weighted by Crippen LogP contribution is -2.48. The van der Waals surface area contributed by atoms with E-state index in [0.717, 1.165) is 0 Å². The minimum absolute atomic E-state index is 0.0252. The summed E-state index contributed by atoms with van der Waals surface area (Å²) < 4.78 is 7.15. The first kappa shape index (κ1) is 16.4. The quantitative estimate of drug-likeness (QED) is 0.620. The van der Waals surface area contributed by atoms with E-state index in [2.05, 4.69) is 5.10 Å². The van der Waals surface area contributed by atoms with Crippen LogP contribution < -0.4 is 0 Å². The molecule has 1 saturated heterocycles. The van der Waals surface area contributed by atoms with Crippen LogP contribution in [-0.4, -0.2) is 50.8 Å². The van der Waals surface area contributed by atoms with Crippen molar-refractivity contribution in [3.63, 3.8) is 0 Å². The van der Waals surface area contributed by atoms with Crippen molar-refractivity contribution in [2.45, 2.75) is 52.9 Å². The molecule has 0 spiro atoms. The molecular formula is C14H22N4O4. The van der Waals surface area contributed by atoms with Crippen LogP contribution in [0.2, 0.25) is 0 Å². The van der Waals surface area contributed by atoms with E-state index in [1.54, 1.807) is 23.4 Å². The first-order valence-corrected chi connectivity index (χ1v) is 7.41. The second kappa shape index (κ2) is 6.43. The van der Waals surface area contributed by atoms with Crippen molar-refractivity contribution in [1.29, 1.82) is 0 Å². The van der Waals surface area contributed by atoms with Crippen LogP contribution >= 0.6 is 0 Å². The molecule has 1 amide bonds. The number of nitrogens with zero attached hydrogens (tertiary/aromatic N) is 4. The number of aromatic nitrogens is 2. The number of amides is 1. The van der Waals surface area contributed by atoms with Gasteiger partial charge in [0.15, 0.2) is 0 Å². The van der Waals surface area contributed by atoms with Crippen molar-refractivity contribution in [2.75, 3.05) is 13.1 Å². The van der Waals surface area contributed by atoms with Crippen LogP contribution in [0.4, 0.5) is 5.69 Å². The molecule has 1 aromatic rings. The summed E-state index contributed by atoms with van der Waals surface area (Å²) in [5.41, 5.74) is 0.892. The lowest BCUT2D eigenvalue weighted by Gasteiger charge is -2.35. The molecule has 1 aromatic heterocycles. The molecule has 8 heteroatoms. The summed E-state index contributed by atoms with van der Waals surface area (Å²) in [6.07, 6.45) is 0.336. The standard InChI is InChI=1S/C14H22N4O4/c1-9-7-16(8-10(2)22-9)13(19)5-6-17-12(4)14(18(20)21)11(3)15-17/h9-10H,5-8H2,1-4H3. The second-order valence-electron chi connectivity index (χ2n) is 5.81. The molecule has 0 aromatic carbocycles. The van der Waals surface area contributed by atoms with E-state index >= 15 is 0 Å². The normalized spacial score (nSPS) is 21.9. The van der Waals surface area contributed by atoms with E-state index in [0.29, 0.717) is 31.0 Å². The molecule has 0 bridgehead atoms. The number of ether oxygens (including phenoxy) is 1. The molecule has 22 heavy (non-hydrogen) atoms. The van der Waals surface area contributed by atoms with Gasteiger partial charge in [-0.3, -0.25) is 19.6 Å². The molecule has 0 saturated carbocycles. The maximum Gasteiger partial charge on any atom is 0.312 e. The van der Waals surface area contributed by atoms with Gasteiger partial charge in [-0.05, 0) is 27.7 Å². The Balaban J connectivity index is 2.00. The van der Waals surface area contributed by atoms with Crippen molar-refractivity contribution >= 4 is 11.6 Å². The number of hydrogen-bond donors (Lipinski definition) is 0. The second-order valence-corrected chi connectivity index (χ2v) is 5.81. The zero-order chi connectivity index (χ0) is 16.4. The third-order valence-electron chi connectivity index (χ3n) is 3.84. The third-order valence-corrected chi connectivity index (χ3v) is 3.84. The maximum atomic E-state index is 12.3. The van der Waals surface area contributed by atoms with E-state index < -0.39 is 4.92 Å². The zero-order valence-corrected chi connectivity index (χ0v) is 13.4. The van der Waals surface area contributed by atoms with E-state index in [9.17, 15) is 14.9 Å². The lowest BCUT2D eigenvalue weighted by molar-refractivity contribution is -0.386. The third kappa shape index (κ3) is 3.44. The van der Waals surface area contributed by atoms with Gasteiger partial charge in [0, 0.05) is 19.5 Å². The molecule has 2 atom stereocenters. The largest absolute Gasteiger partial charge is 0.372 e. The Bertz CT molecular complexity index is 574. The Morgan fingerprint density at radius 3 is 2.45 bits per heavy atom. The molecule has 1 aliphatic heterocycles. The molecule has 2 unspecified atom stereocenters. The van der Waals surface area contributed by atoms with Crippen LogP contribution in [0.3, 0.4) is 0 Å². The number of nitro groups is 1. The van der Waals surface area contributed by atoms with Gasteiger partial charge in [0.05, 0.1) is 23.7 Å². The van der Waals surface area contributed by atoms with E-state index in [1.165, 1.54) is 0 Å². The molecule has 0 radical (unpaired) electrons. The van der Waals surface area contributed by atoms with Gasteiger partial charge >= 0.3 is 5.69 Å². The van der Waals surface area contributed by atoms with Crippen LogP contribution in [0.1, 0.15) is 31.7 Å². The highest BCUT2D eigenvalue weighted by molar-refractivity contribution is 5.76. The van der Waals surface area contributed by atoms with Crippen molar-refractivity contribution in [3.05, 3.63) is 21.5 Å². The first-order valence-electron chi connectivity index (χ1n) is 7.41. The molecule has 8 nitrogen and oxygen atoms in total. The molecular weight excluding hydrogens is 288 g/mol. The SMILES string of the molecule is Cc1nn(CCC(=O)N2CC(C)OC(C)C2)c(C)c1[N+](=O)[O-]. The predicted octanol–water partition coefficient (Wildman–Crippen LogP) is 1.43. The number of hydrogen-bond acceptors (Lipinski definition) is 5. The van der Waals surface area contributed by atoms with Crippen LogP contribution in [0.15, 0.2) is 0 Å². The molecule has 0 aliphatic carbocycles. The monoisotopic (exact) mass is 310 g/mol. The highest BCUT2D eigenvalue weighted by Crippen LogP contribution is 2.22. The van der Waals surface area contributed by atoms with Gasteiger partial charge in [0.25, 0.3) is 0 Å². The number of rotatable bonds is 4. The van der Waals surface area contributed by atoms with Gasteiger partial charge in [-0.1, -0.05) is 0 Å². The molecule has 1 aliphatic rings. The molecule has 0 N–H and O–H groups in total. The first-order chi connectivity index (χ1) is 10.3. The summed E-state index contributed by atoms with van der Waals surface area (Å²) in [6.45, 7) is 8.66. The van der Waals surface area contributed by atoms with Crippen molar-refractivity contribution in [3.8, 4) is 0 Å². The average Bonchev–Trinajstić information content (AvgIpc) is 2.69. The fourth-order valence-corrected chi connectivity index (χ4v) is 2.91. The molecule has 1 fully saturated rings. The predicted molar refractivity (Wildman–Crippen MR) is 79.6 cm³/mol. The van der Waals surface area contributed by atoms with Gasteiger partial charge in [-0.15, -0.1) is 0 Å². The summed E-state index contributed by atoms with van der Waals surface area (Å²) >= 11 is 0. The Labute approximate surface area is 129 Å². The van der Waals surface area contributed by atoms with Gasteiger partial charge in [0.1, 0.15) is 11.4 Å². The van der Waals surface area contributed by atoms with Gasteiger partial charge in [-0.25, -0.2) is 0 Å². The maximum absolute atomic E-state index is 12.3. The van der Waals surface area contributed by atoms with Crippen LogP contribution in [0, 0.1) is 24.0 Å². The number of carbonyl (C=O) groups excluding carboxylic acids is 1. The Morgan fingerprint density at radius 2 is 1.95 bits per heavy atom. The fourth-order valence-electron chi connectivity index (χ4n) is 2.91. The van der Waals surface area contributed by atoms with E-state index in [4.69, 9.17) is 4.74 Å². The Kier molecular flexibility index (Phi) is 4.80. The van der Waals surface area contributed by atoms with Crippen LogP contribution in [-0.2, 0) is 16.1 Å². The smallest absolute Gasteiger partial charge is 0.312 e. The van der Waals surface area contributed by atoms with E-state index in [1.807, 2.05) is 13.8 Å². The fraction of sp³-hybridized carbons (Fsp3) is 0.714. The summed E-state index contributed by atoms with van der Waals surface area (Å²) in [5, 5.41) is 15.1. The summed E-state index contributed by atoms with van der Waals surface area (Å²) in [5.74, 6) is 0.0252. The minimum Gasteiger partial charge on any atom is -0.372 e. The van der Waals surface area contributed by atoms with Gasteiger partial charge in [0.2, 0.25) is 5.91 Å². The lowest BCUT2D eigenvalue weighted by atomic mass is 10.2. The van der Waals surface area contributed by atoms with Crippen LogP contribution in [0.25, 0.3) is 0 Å². The van der Waals surface area contributed by atoms with Crippen molar-refractivity contribution in [2.24, 2.45) is 0 Å². The van der Waals surface area contributed by atoms with Crippen molar-refractivity contribution < 1.29 is 14.5 Å². The topological polar surface area (TPSA) is 90.5 Å². The molecule has 2 rings (SSSR count). The van der Waals surface area contributed by atoms with Crippen molar-refractivity contribution in [1.82, 2.24) is 14.7 Å². The summed E-state index contributed by atoms with van der Waals surface area (Å²) in [7, 11) is 0. The zero-order valence-electron chi connectivity index (χ0n) is 13.4. The number of carbonyl (C=O) groups is 1. The summed E-state index contributed by atoms with van der Waals surface area (Å²) in [6, 6.07) is 0. The molecule has 2 heterocycles.